The predicted octanol–water partition coefficient (Wildman–Crippen LogP) is 0.417. The van der Waals surface area contributed by atoms with Crippen molar-refractivity contribution in [2.75, 3.05) is 0 Å². The van der Waals surface area contributed by atoms with Crippen LogP contribution in [0.25, 0.3) is 0 Å². The molecular weight excluding hydrogens is 414 g/mol. The number of rotatable bonds is 0. The van der Waals surface area contributed by atoms with E-state index in [4.69, 9.17) is 14.3 Å². The van der Waals surface area contributed by atoms with Gasteiger partial charge in [0.1, 0.15) is 0 Å². The molecule has 0 fully saturated rings. The molecule has 0 atom stereocenters. The van der Waals surface area contributed by atoms with Crippen molar-refractivity contribution in [1.29, 1.82) is 0 Å². The van der Waals surface area contributed by atoms with E-state index in [1.54, 1.807) is 0 Å². The second-order valence-corrected chi connectivity index (χ2v) is 2.65. The molecule has 0 aliphatic carbocycles. The molecule has 7 heavy (non-hydrogen) atoms. The molecule has 0 saturated heterocycles. The van der Waals surface area contributed by atoms with Crippen LogP contribution in [0.2, 0.25) is 0 Å². The van der Waals surface area contributed by atoms with Crippen LogP contribution in [0.4, 0.5) is 0 Å². The van der Waals surface area contributed by atoms with Crippen LogP contribution in [0.3, 0.4) is 0 Å². The quantitative estimate of drug-likeness (QED) is 0.444. The maximum absolute atomic E-state index is 8.85. The van der Waals surface area contributed by atoms with Crippen LogP contribution < -0.4 is 0 Å². The fourth-order valence-corrected chi connectivity index (χ4v) is 0. The van der Waals surface area contributed by atoms with Gasteiger partial charge in [-0.25, -0.2) is 0 Å². The number of hydrogen-bond donors (Lipinski definition) is 2. The third kappa shape index (κ3) is 88.5. The van der Waals surface area contributed by atoms with Gasteiger partial charge in [0.15, 0.2) is 0 Å². The molecule has 46 valence electrons. The van der Waals surface area contributed by atoms with Gasteiger partial charge in [-0.05, 0) is 0 Å². The molecule has 0 spiro atoms. The molecule has 0 amide bonds. The zero-order chi connectivity index (χ0) is 6.50. The van der Waals surface area contributed by atoms with Gasteiger partial charge in [0.25, 0.3) is 0 Å². The minimum absolute atomic E-state index is 2.12. The molecule has 0 aromatic rings. The molecule has 0 aromatic carbocycles. The Morgan fingerprint density at radius 3 is 1.14 bits per heavy atom. The van der Waals surface area contributed by atoms with Crippen LogP contribution in [0.15, 0.2) is 0 Å². The Morgan fingerprint density at radius 2 is 1.14 bits per heavy atom. The van der Waals surface area contributed by atoms with Crippen molar-refractivity contribution in [1.82, 2.24) is 0 Å². The van der Waals surface area contributed by atoms with Gasteiger partial charge in [-0.1, -0.05) is 0 Å². The second kappa shape index (κ2) is 5.80. The third-order valence-electron chi connectivity index (χ3n) is 0. The Labute approximate surface area is 67.3 Å². The first-order valence-electron chi connectivity index (χ1n) is 0.841. The van der Waals surface area contributed by atoms with Crippen molar-refractivity contribution in [3.63, 3.8) is 0 Å². The van der Waals surface area contributed by atoms with E-state index in [1.165, 1.54) is 0 Å². The summed E-state index contributed by atoms with van der Waals surface area (Å²) in [6.45, 7) is 0. The van der Waals surface area contributed by atoms with E-state index in [-0.39, 0.29) is 0 Å². The van der Waals surface area contributed by atoms with E-state index < -0.39 is 16.7 Å². The number of halogens is 2. The third-order valence-corrected chi connectivity index (χ3v) is 0. The minimum atomic E-state index is -5.52. The van der Waals surface area contributed by atoms with Gasteiger partial charge in [0.2, 0.25) is 0 Å². The summed E-state index contributed by atoms with van der Waals surface area (Å²) >= 11 is -1.28. The molecule has 0 aliphatic rings. The van der Waals surface area contributed by atoms with E-state index in [1.807, 2.05) is 0 Å². The van der Waals surface area contributed by atoms with Crippen molar-refractivity contribution in [2.45, 2.75) is 0 Å². The van der Waals surface area contributed by atoms with Gasteiger partial charge < -0.3 is 0 Å². The SMILES string of the molecule is II.[O]=[Mo](=[O])([OH])[OH]. The van der Waals surface area contributed by atoms with Crippen molar-refractivity contribution < 1.29 is 31.1 Å². The summed E-state index contributed by atoms with van der Waals surface area (Å²) in [4.78, 5) is 0. The van der Waals surface area contributed by atoms with E-state index in [9.17, 15) is 0 Å². The van der Waals surface area contributed by atoms with Crippen molar-refractivity contribution in [3.05, 3.63) is 0 Å². The Balaban J connectivity index is 0. The summed E-state index contributed by atoms with van der Waals surface area (Å²) in [7, 11) is 0. The summed E-state index contributed by atoms with van der Waals surface area (Å²) in [6, 6.07) is 0. The van der Waals surface area contributed by atoms with Crippen molar-refractivity contribution in [3.8, 4) is 0 Å². The second-order valence-electron chi connectivity index (χ2n) is 0.448. The van der Waals surface area contributed by atoms with Crippen LogP contribution >= 0.6 is 37.2 Å². The Morgan fingerprint density at radius 1 is 1.14 bits per heavy atom. The summed E-state index contributed by atoms with van der Waals surface area (Å²) < 4.78 is 32.0. The van der Waals surface area contributed by atoms with Gasteiger partial charge in [0.05, 0.1) is 0 Å². The summed E-state index contributed by atoms with van der Waals surface area (Å²) in [5.41, 5.74) is 0. The molecule has 0 aliphatic heterocycles. The van der Waals surface area contributed by atoms with E-state index >= 15 is 0 Å². The van der Waals surface area contributed by atoms with Crippen LogP contribution in [0, 0.1) is 0 Å². The van der Waals surface area contributed by atoms with E-state index in [0.717, 1.165) is 0 Å². The fourth-order valence-electron chi connectivity index (χ4n) is 0. The molecule has 0 heterocycles. The van der Waals surface area contributed by atoms with E-state index in [0.29, 0.717) is 0 Å². The van der Waals surface area contributed by atoms with Crippen molar-refractivity contribution >= 4 is 37.2 Å². The topological polar surface area (TPSA) is 74.6 Å². The Hall–Kier alpha value is 1.67. The average Bonchev–Trinajstić information content (AvgIpc) is 1.36. The van der Waals surface area contributed by atoms with Gasteiger partial charge >= 0.3 is 31.1 Å². The standard InChI is InChI=1S/I2.Mo.2H2O.2O/c1-2;;;;;/h;;2*1H2;;/q;+2;;;;/p-2. The zero-order valence-corrected chi connectivity index (χ0v) is 9.20. The molecular formula is H2I2MoO4. The monoisotopic (exact) mass is 418 g/mol. The first kappa shape index (κ1) is 11.5. The van der Waals surface area contributed by atoms with Gasteiger partial charge in [-0.2, -0.15) is 0 Å². The Kier molecular flexibility index (Phi) is 9.50. The Bertz CT molecular complexity index is 92.9. The first-order chi connectivity index (χ1) is 3.00. The van der Waals surface area contributed by atoms with E-state index in [2.05, 4.69) is 37.2 Å². The number of hydrogen-bond acceptors (Lipinski definition) is 2. The van der Waals surface area contributed by atoms with Crippen LogP contribution in [-0.2, 0) is 23.5 Å². The zero-order valence-electron chi connectivity index (χ0n) is 2.88. The first-order valence-corrected chi connectivity index (χ1v) is 10.6. The molecule has 4 nitrogen and oxygen atoms in total. The van der Waals surface area contributed by atoms with Gasteiger partial charge in [-0.15, -0.1) is 0 Å². The molecule has 7 heteroatoms. The van der Waals surface area contributed by atoms with Gasteiger partial charge in [-0.3, -0.25) is 0 Å². The van der Waals surface area contributed by atoms with Crippen LogP contribution in [0.5, 0.6) is 0 Å². The molecule has 0 unspecified atom stereocenters. The normalized spacial score (nSPS) is 9.14. The molecule has 0 radical (unpaired) electrons. The summed E-state index contributed by atoms with van der Waals surface area (Å²) in [5, 5.41) is 0. The molecule has 0 aromatic heterocycles. The predicted molar refractivity (Wildman–Crippen MR) is 33.9 cm³/mol. The molecule has 2 N–H and O–H groups in total. The molecule has 0 bridgehead atoms. The maximum atomic E-state index is 8.85. The van der Waals surface area contributed by atoms with Gasteiger partial charge in [0, 0.05) is 37.2 Å². The molecule has 0 saturated carbocycles. The summed E-state index contributed by atoms with van der Waals surface area (Å²) in [6.07, 6.45) is 0. The van der Waals surface area contributed by atoms with Crippen LogP contribution in [0.1, 0.15) is 0 Å². The fraction of sp³-hybridized carbons (Fsp3) is 0. The summed E-state index contributed by atoms with van der Waals surface area (Å²) in [5.74, 6) is 0. The average molecular weight is 416 g/mol. The molecule has 0 rings (SSSR count). The van der Waals surface area contributed by atoms with Crippen LogP contribution in [-0.4, -0.2) is 7.52 Å². The van der Waals surface area contributed by atoms with Crippen molar-refractivity contribution in [2.24, 2.45) is 0 Å².